The molecule has 0 spiro atoms. The molecule has 6 nitrogen and oxygen atoms in total. The maximum atomic E-state index is 11.7. The minimum Gasteiger partial charge on any atom is -0.465 e. The standard InChI is InChI=1S/C17H27N3O3/c1-17(2,3)15-14(11-23-4)19(9-10-20(15)16(21)22)13-7-5-12(18)6-8-13/h5-8,14-15H,9-11,18H2,1-4H3,(H,21,22)/t14?,15-/m1/s1. The van der Waals surface area contributed by atoms with Gasteiger partial charge in [-0.05, 0) is 29.7 Å². The highest BCUT2D eigenvalue weighted by Gasteiger charge is 2.45. The smallest absolute Gasteiger partial charge is 0.407 e. The first-order valence-electron chi connectivity index (χ1n) is 7.86. The van der Waals surface area contributed by atoms with Gasteiger partial charge >= 0.3 is 6.09 Å². The number of nitrogen functional groups attached to an aromatic ring is 1. The number of piperazine rings is 1. The Hall–Kier alpha value is -1.95. The van der Waals surface area contributed by atoms with E-state index in [-0.39, 0.29) is 17.5 Å². The lowest BCUT2D eigenvalue weighted by molar-refractivity contribution is 0.0290. The molecule has 1 aliphatic rings. The van der Waals surface area contributed by atoms with Gasteiger partial charge in [0.15, 0.2) is 0 Å². The van der Waals surface area contributed by atoms with Crippen LogP contribution in [0, 0.1) is 5.41 Å². The molecule has 6 heteroatoms. The predicted octanol–water partition coefficient (Wildman–Crippen LogP) is 2.50. The van der Waals surface area contributed by atoms with Gasteiger partial charge in [0, 0.05) is 31.6 Å². The SMILES string of the molecule is COCC1[C@H](C(C)(C)C)N(C(=O)O)CCN1c1ccc(N)cc1. The van der Waals surface area contributed by atoms with Crippen LogP contribution in [0.15, 0.2) is 24.3 Å². The van der Waals surface area contributed by atoms with Crippen LogP contribution < -0.4 is 10.6 Å². The fourth-order valence-electron chi connectivity index (χ4n) is 3.50. The highest BCUT2D eigenvalue weighted by Crippen LogP contribution is 2.35. The number of methoxy groups -OCH3 is 1. The van der Waals surface area contributed by atoms with Gasteiger partial charge in [-0.15, -0.1) is 0 Å². The summed E-state index contributed by atoms with van der Waals surface area (Å²) in [6, 6.07) is 7.49. The molecular weight excluding hydrogens is 294 g/mol. The van der Waals surface area contributed by atoms with E-state index in [1.165, 1.54) is 0 Å². The van der Waals surface area contributed by atoms with E-state index >= 15 is 0 Å². The fourth-order valence-corrected chi connectivity index (χ4v) is 3.50. The number of hydrogen-bond acceptors (Lipinski definition) is 4. The Morgan fingerprint density at radius 2 is 1.91 bits per heavy atom. The zero-order chi connectivity index (χ0) is 17.2. The van der Waals surface area contributed by atoms with Crippen LogP contribution in [0.25, 0.3) is 0 Å². The summed E-state index contributed by atoms with van der Waals surface area (Å²) in [5, 5.41) is 9.60. The largest absolute Gasteiger partial charge is 0.465 e. The maximum Gasteiger partial charge on any atom is 0.407 e. The molecule has 1 aromatic rings. The van der Waals surface area contributed by atoms with Crippen molar-refractivity contribution in [2.24, 2.45) is 5.41 Å². The molecule has 1 saturated heterocycles. The van der Waals surface area contributed by atoms with Crippen molar-refractivity contribution < 1.29 is 14.6 Å². The van der Waals surface area contributed by atoms with Crippen LogP contribution in [0.3, 0.4) is 0 Å². The minimum atomic E-state index is -0.872. The van der Waals surface area contributed by atoms with Crippen molar-refractivity contribution in [1.29, 1.82) is 0 Å². The molecule has 0 aliphatic carbocycles. The number of amides is 1. The third-order valence-electron chi connectivity index (χ3n) is 4.38. The van der Waals surface area contributed by atoms with Gasteiger partial charge in [0.1, 0.15) is 0 Å². The number of carboxylic acid groups (broad SMARTS) is 1. The third kappa shape index (κ3) is 3.69. The van der Waals surface area contributed by atoms with Gasteiger partial charge in [-0.2, -0.15) is 0 Å². The summed E-state index contributed by atoms with van der Waals surface area (Å²) in [7, 11) is 1.65. The van der Waals surface area contributed by atoms with Crippen molar-refractivity contribution in [2.45, 2.75) is 32.9 Å². The van der Waals surface area contributed by atoms with E-state index in [1.807, 2.05) is 24.3 Å². The van der Waals surface area contributed by atoms with Gasteiger partial charge in [0.25, 0.3) is 0 Å². The summed E-state index contributed by atoms with van der Waals surface area (Å²) < 4.78 is 5.42. The van der Waals surface area contributed by atoms with E-state index in [2.05, 4.69) is 25.7 Å². The van der Waals surface area contributed by atoms with Crippen LogP contribution in [-0.4, -0.2) is 55.0 Å². The lowest BCUT2D eigenvalue weighted by Gasteiger charge is -2.52. The Morgan fingerprint density at radius 1 is 1.30 bits per heavy atom. The van der Waals surface area contributed by atoms with Gasteiger partial charge in [-0.3, -0.25) is 0 Å². The number of hydrogen-bond donors (Lipinski definition) is 2. The van der Waals surface area contributed by atoms with E-state index in [1.54, 1.807) is 12.0 Å². The summed E-state index contributed by atoms with van der Waals surface area (Å²) in [5.74, 6) is 0. The van der Waals surface area contributed by atoms with Gasteiger partial charge in [0.2, 0.25) is 0 Å². The van der Waals surface area contributed by atoms with Gasteiger partial charge in [-0.1, -0.05) is 20.8 Å². The molecule has 1 aromatic carbocycles. The lowest BCUT2D eigenvalue weighted by atomic mass is 9.79. The van der Waals surface area contributed by atoms with Crippen LogP contribution in [0.4, 0.5) is 16.2 Å². The molecule has 3 N–H and O–H groups in total. The van der Waals surface area contributed by atoms with Crippen molar-refractivity contribution in [2.75, 3.05) is 37.4 Å². The first-order valence-corrected chi connectivity index (χ1v) is 7.86. The van der Waals surface area contributed by atoms with E-state index in [4.69, 9.17) is 10.5 Å². The van der Waals surface area contributed by atoms with E-state index in [0.717, 1.165) is 5.69 Å². The normalized spacial score (nSPS) is 22.3. The second-order valence-electron chi connectivity index (χ2n) is 7.09. The highest BCUT2D eigenvalue weighted by molar-refractivity contribution is 5.67. The number of ether oxygens (including phenoxy) is 1. The third-order valence-corrected chi connectivity index (χ3v) is 4.38. The number of benzene rings is 1. The Kier molecular flexibility index (Phi) is 5.04. The summed E-state index contributed by atoms with van der Waals surface area (Å²) >= 11 is 0. The number of rotatable bonds is 3. The van der Waals surface area contributed by atoms with Gasteiger partial charge < -0.3 is 25.4 Å². The monoisotopic (exact) mass is 321 g/mol. The van der Waals surface area contributed by atoms with E-state index in [9.17, 15) is 9.90 Å². The Balaban J connectivity index is 2.40. The zero-order valence-electron chi connectivity index (χ0n) is 14.3. The number of carbonyl (C=O) groups is 1. The topological polar surface area (TPSA) is 79.0 Å². The predicted molar refractivity (Wildman–Crippen MR) is 91.8 cm³/mol. The van der Waals surface area contributed by atoms with Crippen molar-refractivity contribution in [3.63, 3.8) is 0 Å². The van der Waals surface area contributed by atoms with Crippen molar-refractivity contribution in [1.82, 2.24) is 4.90 Å². The molecule has 1 fully saturated rings. The summed E-state index contributed by atoms with van der Waals surface area (Å²) in [5.41, 5.74) is 7.34. The van der Waals surface area contributed by atoms with Crippen LogP contribution in [0.1, 0.15) is 20.8 Å². The quantitative estimate of drug-likeness (QED) is 0.836. The van der Waals surface area contributed by atoms with E-state index in [0.29, 0.717) is 25.4 Å². The molecule has 0 radical (unpaired) electrons. The number of anilines is 2. The summed E-state index contributed by atoms with van der Waals surface area (Å²) in [6.07, 6.45) is -0.872. The molecule has 1 heterocycles. The zero-order valence-corrected chi connectivity index (χ0v) is 14.3. The fraction of sp³-hybridized carbons (Fsp3) is 0.588. The van der Waals surface area contributed by atoms with Crippen LogP contribution in [-0.2, 0) is 4.74 Å². The molecule has 1 aliphatic heterocycles. The molecule has 1 unspecified atom stereocenters. The van der Waals surface area contributed by atoms with Crippen molar-refractivity contribution in [3.8, 4) is 0 Å². The average Bonchev–Trinajstić information content (AvgIpc) is 2.47. The molecule has 2 atom stereocenters. The molecule has 2 rings (SSSR count). The Labute approximate surface area is 137 Å². The minimum absolute atomic E-state index is 0.0477. The lowest BCUT2D eigenvalue weighted by Crippen LogP contribution is -2.66. The number of nitrogens with two attached hydrogens (primary N) is 1. The molecule has 0 bridgehead atoms. The molecule has 23 heavy (non-hydrogen) atoms. The highest BCUT2D eigenvalue weighted by atomic mass is 16.5. The average molecular weight is 321 g/mol. The molecule has 0 aromatic heterocycles. The first kappa shape index (κ1) is 17.4. The van der Waals surface area contributed by atoms with E-state index < -0.39 is 6.09 Å². The summed E-state index contributed by atoms with van der Waals surface area (Å²) in [4.78, 5) is 15.5. The second-order valence-corrected chi connectivity index (χ2v) is 7.09. The van der Waals surface area contributed by atoms with Crippen LogP contribution >= 0.6 is 0 Å². The molecule has 0 saturated carbocycles. The summed E-state index contributed by atoms with van der Waals surface area (Å²) in [6.45, 7) is 7.79. The second kappa shape index (κ2) is 6.66. The van der Waals surface area contributed by atoms with Crippen molar-refractivity contribution in [3.05, 3.63) is 24.3 Å². The molecular formula is C17H27N3O3. The maximum absolute atomic E-state index is 11.7. The first-order chi connectivity index (χ1) is 10.8. The van der Waals surface area contributed by atoms with Gasteiger partial charge in [-0.25, -0.2) is 4.79 Å². The Morgan fingerprint density at radius 3 is 2.39 bits per heavy atom. The van der Waals surface area contributed by atoms with Crippen LogP contribution in [0.2, 0.25) is 0 Å². The van der Waals surface area contributed by atoms with Crippen molar-refractivity contribution >= 4 is 17.5 Å². The van der Waals surface area contributed by atoms with Crippen LogP contribution in [0.5, 0.6) is 0 Å². The van der Waals surface area contributed by atoms with Gasteiger partial charge in [0.05, 0.1) is 18.7 Å². The molecule has 1 amide bonds. The number of nitrogens with zero attached hydrogens (tertiary/aromatic N) is 2. The molecule has 128 valence electrons. The Bertz CT molecular complexity index is 539.